The van der Waals surface area contributed by atoms with Gasteiger partial charge in [-0.2, -0.15) is 0 Å². The molecule has 0 saturated carbocycles. The lowest BCUT2D eigenvalue weighted by molar-refractivity contribution is -0.118. The minimum absolute atomic E-state index is 0.0785. The molecule has 0 fully saturated rings. The van der Waals surface area contributed by atoms with Crippen LogP contribution in [0, 0.1) is 0 Å². The topological polar surface area (TPSA) is 83.6 Å². The molecule has 0 aliphatic rings. The molecule has 0 aliphatic heterocycles. The number of thioether (sulfide) groups is 1. The molecular formula is C16H14ClN5OS. The maximum absolute atomic E-state index is 11.9. The molecule has 24 heavy (non-hydrogen) atoms. The third-order valence-electron chi connectivity index (χ3n) is 3.15. The number of pyridine rings is 1. The molecule has 3 rings (SSSR count). The summed E-state index contributed by atoms with van der Waals surface area (Å²) in [5.41, 5.74) is 1.90. The van der Waals surface area contributed by atoms with Gasteiger partial charge in [0.25, 0.3) is 0 Å². The van der Waals surface area contributed by atoms with Crippen LogP contribution in [0.4, 0.5) is 0 Å². The number of rotatable bonds is 6. The fourth-order valence-electron chi connectivity index (χ4n) is 1.93. The number of aromatic amines is 1. The Balaban J connectivity index is 1.48. The first-order valence-corrected chi connectivity index (χ1v) is 8.54. The number of benzene rings is 1. The molecule has 1 amide bonds. The average Bonchev–Trinajstić information content (AvgIpc) is 3.09. The van der Waals surface area contributed by atoms with Crippen LogP contribution in [0.1, 0.15) is 5.56 Å². The molecule has 0 aliphatic carbocycles. The van der Waals surface area contributed by atoms with Gasteiger partial charge in [0.15, 0.2) is 5.82 Å². The highest BCUT2D eigenvalue weighted by atomic mass is 35.5. The first kappa shape index (κ1) is 16.5. The summed E-state index contributed by atoms with van der Waals surface area (Å²) in [7, 11) is 0. The molecular weight excluding hydrogens is 346 g/mol. The smallest absolute Gasteiger partial charge is 0.230 e. The van der Waals surface area contributed by atoms with E-state index in [-0.39, 0.29) is 11.7 Å². The molecule has 0 bridgehead atoms. The van der Waals surface area contributed by atoms with Gasteiger partial charge in [-0.1, -0.05) is 35.5 Å². The van der Waals surface area contributed by atoms with Crippen molar-refractivity contribution in [3.63, 3.8) is 0 Å². The number of hydrogen-bond donors (Lipinski definition) is 2. The van der Waals surface area contributed by atoms with Crippen LogP contribution in [0.15, 0.2) is 53.9 Å². The van der Waals surface area contributed by atoms with Gasteiger partial charge in [-0.05, 0) is 29.8 Å². The number of nitrogens with zero attached hydrogens (tertiary/aromatic N) is 3. The van der Waals surface area contributed by atoms with Crippen LogP contribution in [0.5, 0.6) is 0 Å². The molecule has 122 valence electrons. The van der Waals surface area contributed by atoms with Gasteiger partial charge in [-0.3, -0.25) is 14.9 Å². The summed E-state index contributed by atoms with van der Waals surface area (Å²) in [5.74, 6) is 0.827. The Morgan fingerprint density at radius 1 is 1.17 bits per heavy atom. The van der Waals surface area contributed by atoms with E-state index in [2.05, 4.69) is 25.5 Å². The Morgan fingerprint density at radius 3 is 2.67 bits per heavy atom. The summed E-state index contributed by atoms with van der Waals surface area (Å²) in [6, 6.07) is 11.0. The van der Waals surface area contributed by atoms with Crippen LogP contribution in [0.25, 0.3) is 11.4 Å². The number of halogens is 1. The van der Waals surface area contributed by atoms with Crippen molar-refractivity contribution in [3.05, 3.63) is 59.4 Å². The van der Waals surface area contributed by atoms with Gasteiger partial charge >= 0.3 is 0 Å². The highest BCUT2D eigenvalue weighted by Crippen LogP contribution is 2.18. The largest absolute Gasteiger partial charge is 0.351 e. The normalized spacial score (nSPS) is 10.5. The third kappa shape index (κ3) is 4.56. The van der Waals surface area contributed by atoms with E-state index in [4.69, 9.17) is 11.6 Å². The monoisotopic (exact) mass is 359 g/mol. The zero-order chi connectivity index (χ0) is 16.8. The van der Waals surface area contributed by atoms with Crippen molar-refractivity contribution >= 4 is 29.3 Å². The van der Waals surface area contributed by atoms with Crippen molar-refractivity contribution in [2.24, 2.45) is 0 Å². The Labute approximate surface area is 148 Å². The SMILES string of the molecule is O=C(CSc1n[nH]c(-c2ccncc2)n1)NCc1ccc(Cl)cc1. The van der Waals surface area contributed by atoms with Crippen LogP contribution < -0.4 is 5.32 Å². The summed E-state index contributed by atoms with van der Waals surface area (Å²) < 4.78 is 0. The molecule has 0 spiro atoms. The number of aromatic nitrogens is 4. The fourth-order valence-corrected chi connectivity index (χ4v) is 2.69. The van der Waals surface area contributed by atoms with Crippen molar-refractivity contribution in [1.82, 2.24) is 25.5 Å². The van der Waals surface area contributed by atoms with Crippen LogP contribution in [0.2, 0.25) is 5.02 Å². The molecule has 2 N–H and O–H groups in total. The second-order valence-corrected chi connectivity index (χ2v) is 6.27. The summed E-state index contributed by atoms with van der Waals surface area (Å²) >= 11 is 7.11. The number of H-pyrrole nitrogens is 1. The van der Waals surface area contributed by atoms with Crippen LogP contribution in [0.3, 0.4) is 0 Å². The lowest BCUT2D eigenvalue weighted by atomic mass is 10.2. The molecule has 0 atom stereocenters. The van der Waals surface area contributed by atoms with Gasteiger partial charge in [-0.25, -0.2) is 4.98 Å². The summed E-state index contributed by atoms with van der Waals surface area (Å²) in [5, 5.41) is 11.0. The second kappa shape index (κ2) is 7.94. The first-order valence-electron chi connectivity index (χ1n) is 7.17. The minimum Gasteiger partial charge on any atom is -0.351 e. The van der Waals surface area contributed by atoms with Crippen molar-refractivity contribution < 1.29 is 4.79 Å². The molecule has 1 aromatic carbocycles. The number of hydrogen-bond acceptors (Lipinski definition) is 5. The number of carbonyl (C=O) groups is 1. The van der Waals surface area contributed by atoms with E-state index in [9.17, 15) is 4.79 Å². The van der Waals surface area contributed by atoms with E-state index in [1.54, 1.807) is 24.5 Å². The zero-order valence-electron chi connectivity index (χ0n) is 12.6. The predicted molar refractivity (Wildman–Crippen MR) is 93.6 cm³/mol. The number of nitrogens with one attached hydrogen (secondary N) is 2. The molecule has 0 radical (unpaired) electrons. The first-order chi connectivity index (χ1) is 11.7. The van der Waals surface area contributed by atoms with Crippen molar-refractivity contribution in [2.45, 2.75) is 11.7 Å². The van der Waals surface area contributed by atoms with Gasteiger partial charge in [0.05, 0.1) is 5.75 Å². The number of amides is 1. The molecule has 2 heterocycles. The lowest BCUT2D eigenvalue weighted by Crippen LogP contribution is -2.24. The molecule has 0 unspecified atom stereocenters. The molecule has 2 aromatic heterocycles. The maximum Gasteiger partial charge on any atom is 0.230 e. The molecule has 3 aromatic rings. The Hall–Kier alpha value is -2.38. The molecule has 6 nitrogen and oxygen atoms in total. The Morgan fingerprint density at radius 2 is 1.92 bits per heavy atom. The van der Waals surface area contributed by atoms with E-state index >= 15 is 0 Å². The van der Waals surface area contributed by atoms with Crippen LogP contribution >= 0.6 is 23.4 Å². The average molecular weight is 360 g/mol. The van der Waals surface area contributed by atoms with Crippen molar-refractivity contribution in [1.29, 1.82) is 0 Å². The van der Waals surface area contributed by atoms with Crippen LogP contribution in [-0.2, 0) is 11.3 Å². The van der Waals surface area contributed by atoms with Crippen molar-refractivity contribution in [2.75, 3.05) is 5.75 Å². The maximum atomic E-state index is 11.9. The van der Waals surface area contributed by atoms with E-state index in [0.29, 0.717) is 22.5 Å². The lowest BCUT2D eigenvalue weighted by Gasteiger charge is -2.04. The quantitative estimate of drug-likeness (QED) is 0.661. The Kier molecular flexibility index (Phi) is 5.45. The van der Waals surface area contributed by atoms with E-state index < -0.39 is 0 Å². The highest BCUT2D eigenvalue weighted by Gasteiger charge is 2.08. The van der Waals surface area contributed by atoms with Gasteiger partial charge in [-0.15, -0.1) is 5.10 Å². The zero-order valence-corrected chi connectivity index (χ0v) is 14.1. The highest BCUT2D eigenvalue weighted by molar-refractivity contribution is 7.99. The molecule has 0 saturated heterocycles. The van der Waals surface area contributed by atoms with Crippen molar-refractivity contribution in [3.8, 4) is 11.4 Å². The minimum atomic E-state index is -0.0785. The summed E-state index contributed by atoms with van der Waals surface area (Å²) in [4.78, 5) is 20.2. The summed E-state index contributed by atoms with van der Waals surface area (Å²) in [6.45, 7) is 0.465. The van der Waals surface area contributed by atoms with Gasteiger partial charge < -0.3 is 5.32 Å². The molecule has 8 heteroatoms. The summed E-state index contributed by atoms with van der Waals surface area (Å²) in [6.07, 6.45) is 3.38. The van der Waals surface area contributed by atoms with Crippen LogP contribution in [-0.4, -0.2) is 31.8 Å². The van der Waals surface area contributed by atoms with Gasteiger partial charge in [0.2, 0.25) is 11.1 Å². The standard InChI is InChI=1S/C16H14ClN5OS/c17-13-3-1-11(2-4-13)9-19-14(23)10-24-16-20-15(21-22-16)12-5-7-18-8-6-12/h1-8H,9-10H2,(H,19,23)(H,20,21,22). The van der Waals surface area contributed by atoms with E-state index in [0.717, 1.165) is 11.1 Å². The van der Waals surface area contributed by atoms with E-state index in [1.807, 2.05) is 24.3 Å². The number of carbonyl (C=O) groups excluding carboxylic acids is 1. The fraction of sp³-hybridized carbons (Fsp3) is 0.125. The predicted octanol–water partition coefficient (Wildman–Crippen LogP) is 2.93. The van der Waals surface area contributed by atoms with E-state index in [1.165, 1.54) is 11.8 Å². The van der Waals surface area contributed by atoms with Gasteiger partial charge in [0.1, 0.15) is 0 Å². The van der Waals surface area contributed by atoms with Gasteiger partial charge in [0, 0.05) is 29.5 Å². The third-order valence-corrected chi connectivity index (χ3v) is 4.25. The second-order valence-electron chi connectivity index (χ2n) is 4.89. The Bertz CT molecular complexity index is 807.